The molecule has 2 amide bonds. The largest absolute Gasteiger partial charge is 0.474 e. The quantitative estimate of drug-likeness (QED) is 0.469. The molecule has 0 saturated heterocycles. The smallest absolute Gasteiger partial charge is 0.394 e. The van der Waals surface area contributed by atoms with Crippen LogP contribution in [0.1, 0.15) is 0 Å². The average Bonchev–Trinajstić information content (AvgIpc) is 2.31. The van der Waals surface area contributed by atoms with E-state index in [2.05, 4.69) is 11.5 Å². The Bertz CT molecular complexity index is 401. The van der Waals surface area contributed by atoms with Crippen LogP contribution in [0.3, 0.4) is 0 Å². The Morgan fingerprint density at radius 2 is 1.11 bits per heavy atom. The third-order valence-electron chi connectivity index (χ3n) is 1.15. The Morgan fingerprint density at radius 3 is 1.21 bits per heavy atom. The molecule has 1 aromatic carbocycles. The molecule has 0 spiro atoms. The van der Waals surface area contributed by atoms with Gasteiger partial charge in [0, 0.05) is 5.02 Å². The molecule has 0 aromatic heterocycles. The molecule has 8 nitrogen and oxygen atoms in total. The zero-order valence-corrected chi connectivity index (χ0v) is 10.2. The van der Waals surface area contributed by atoms with E-state index in [1.807, 2.05) is 30.3 Å². The lowest BCUT2D eigenvalue weighted by Gasteiger charge is -1.80. The van der Waals surface area contributed by atoms with Crippen molar-refractivity contribution in [1.82, 2.24) is 0 Å². The summed E-state index contributed by atoms with van der Waals surface area (Å²) >= 11 is 5.54. The number of primary amides is 2. The van der Waals surface area contributed by atoms with Gasteiger partial charge < -0.3 is 21.7 Å². The molecule has 0 heterocycles. The van der Waals surface area contributed by atoms with Crippen LogP contribution in [0.5, 0.6) is 0 Å². The van der Waals surface area contributed by atoms with E-state index < -0.39 is 23.8 Å². The van der Waals surface area contributed by atoms with Crippen LogP contribution in [0.15, 0.2) is 30.3 Å². The first-order valence-corrected chi connectivity index (χ1v) is 4.82. The lowest BCUT2D eigenvalue weighted by Crippen LogP contribution is -2.21. The molecule has 1 aromatic rings. The van der Waals surface area contributed by atoms with Gasteiger partial charge in [0.25, 0.3) is 0 Å². The second-order valence-electron chi connectivity index (χ2n) is 2.63. The maximum atomic E-state index is 9.32. The first-order valence-electron chi connectivity index (χ1n) is 4.44. The van der Waals surface area contributed by atoms with Gasteiger partial charge in [0.05, 0.1) is 0 Å². The Kier molecular flexibility index (Phi) is 10.4. The number of rotatable bonds is 0. The molecule has 0 fully saturated rings. The predicted octanol–water partition coefficient (Wildman–Crippen LogP) is -0.547. The Hall–Kier alpha value is -2.61. The first kappa shape index (κ1) is 18.7. The van der Waals surface area contributed by atoms with Crippen molar-refractivity contribution >= 4 is 35.4 Å². The molecule has 0 atom stereocenters. The molecular formula is C10H11ClN2O6. The second-order valence-corrected chi connectivity index (χ2v) is 3.07. The van der Waals surface area contributed by atoms with E-state index in [0.717, 1.165) is 5.02 Å². The van der Waals surface area contributed by atoms with Gasteiger partial charge in [-0.25, -0.2) is 9.59 Å². The van der Waals surface area contributed by atoms with Crippen LogP contribution in [0.25, 0.3) is 0 Å². The summed E-state index contributed by atoms with van der Waals surface area (Å²) in [6.45, 7) is 0. The van der Waals surface area contributed by atoms with Crippen LogP contribution in [0.2, 0.25) is 5.02 Å². The number of carbonyl (C=O) groups is 4. The zero-order chi connectivity index (χ0) is 15.4. The van der Waals surface area contributed by atoms with Crippen LogP contribution < -0.4 is 11.5 Å². The van der Waals surface area contributed by atoms with Crippen LogP contribution in [0.4, 0.5) is 0 Å². The van der Waals surface area contributed by atoms with Crippen LogP contribution in [-0.4, -0.2) is 34.0 Å². The van der Waals surface area contributed by atoms with E-state index in [0.29, 0.717) is 0 Å². The Morgan fingerprint density at radius 1 is 0.842 bits per heavy atom. The molecule has 19 heavy (non-hydrogen) atoms. The number of amides is 2. The van der Waals surface area contributed by atoms with Gasteiger partial charge in [-0.15, -0.1) is 0 Å². The van der Waals surface area contributed by atoms with Crippen molar-refractivity contribution in [2.75, 3.05) is 0 Å². The number of nitrogens with two attached hydrogens (primary N) is 2. The molecule has 0 radical (unpaired) electrons. The summed E-state index contributed by atoms with van der Waals surface area (Å²) in [5.74, 6) is -5.85. The highest BCUT2D eigenvalue weighted by Crippen LogP contribution is 2.03. The minimum Gasteiger partial charge on any atom is -0.474 e. The van der Waals surface area contributed by atoms with E-state index in [-0.39, 0.29) is 0 Å². The second kappa shape index (κ2) is 10.5. The van der Waals surface area contributed by atoms with Crippen LogP contribution in [0, 0.1) is 0 Å². The SMILES string of the molecule is Clc1ccccc1.NC(=O)C(=O)O.NC(=O)C(=O)O. The normalized spacial score (nSPS) is 7.84. The van der Waals surface area contributed by atoms with Crippen molar-refractivity contribution in [3.63, 3.8) is 0 Å². The molecule has 1 rings (SSSR count). The average molecular weight is 291 g/mol. The molecule has 9 heteroatoms. The van der Waals surface area contributed by atoms with Gasteiger partial charge in [-0.2, -0.15) is 0 Å². The number of benzene rings is 1. The van der Waals surface area contributed by atoms with Gasteiger partial charge in [-0.05, 0) is 12.1 Å². The molecule has 0 aliphatic heterocycles. The fraction of sp³-hybridized carbons (Fsp3) is 0. The summed E-state index contributed by atoms with van der Waals surface area (Å²) in [4.78, 5) is 37.1. The highest BCUT2D eigenvalue weighted by molar-refractivity contribution is 6.31. The maximum absolute atomic E-state index is 9.32. The van der Waals surface area contributed by atoms with E-state index >= 15 is 0 Å². The van der Waals surface area contributed by atoms with Crippen molar-refractivity contribution < 1.29 is 29.4 Å². The number of aliphatic carboxylic acids is 2. The van der Waals surface area contributed by atoms with E-state index in [1.165, 1.54) is 0 Å². The monoisotopic (exact) mass is 290 g/mol. The molecular weight excluding hydrogens is 280 g/mol. The van der Waals surface area contributed by atoms with Crippen molar-refractivity contribution in [3.8, 4) is 0 Å². The number of hydrogen-bond acceptors (Lipinski definition) is 4. The molecule has 104 valence electrons. The van der Waals surface area contributed by atoms with Gasteiger partial charge in [-0.1, -0.05) is 29.8 Å². The van der Waals surface area contributed by atoms with Gasteiger partial charge in [0.2, 0.25) is 0 Å². The summed E-state index contributed by atoms with van der Waals surface area (Å²) in [6, 6.07) is 9.44. The van der Waals surface area contributed by atoms with Gasteiger partial charge in [0.15, 0.2) is 0 Å². The van der Waals surface area contributed by atoms with Crippen LogP contribution in [-0.2, 0) is 19.2 Å². The summed E-state index contributed by atoms with van der Waals surface area (Å²) in [5.41, 5.74) is 8.39. The fourth-order valence-electron chi connectivity index (χ4n) is 0.415. The number of hydrogen-bond donors (Lipinski definition) is 4. The molecule has 0 aliphatic rings. The van der Waals surface area contributed by atoms with E-state index in [1.54, 1.807) is 0 Å². The number of carboxylic acid groups (broad SMARTS) is 2. The van der Waals surface area contributed by atoms with Crippen molar-refractivity contribution in [2.24, 2.45) is 11.5 Å². The highest BCUT2D eigenvalue weighted by atomic mass is 35.5. The molecule has 6 N–H and O–H groups in total. The highest BCUT2D eigenvalue weighted by Gasteiger charge is 2.00. The Balaban J connectivity index is 0. The lowest BCUT2D eigenvalue weighted by molar-refractivity contribution is -0.148. The number of carboxylic acids is 2. The summed E-state index contributed by atoms with van der Waals surface area (Å²) in [6.07, 6.45) is 0. The van der Waals surface area contributed by atoms with E-state index in [9.17, 15) is 19.2 Å². The third-order valence-corrected chi connectivity index (χ3v) is 1.41. The first-order chi connectivity index (χ1) is 8.68. The molecule has 0 bridgehead atoms. The fourth-order valence-corrected chi connectivity index (χ4v) is 0.560. The predicted molar refractivity (Wildman–Crippen MR) is 65.1 cm³/mol. The van der Waals surface area contributed by atoms with E-state index in [4.69, 9.17) is 21.8 Å². The lowest BCUT2D eigenvalue weighted by atomic mass is 10.4. The minimum atomic E-state index is -1.60. The summed E-state index contributed by atoms with van der Waals surface area (Å²) in [5, 5.41) is 15.8. The van der Waals surface area contributed by atoms with Crippen molar-refractivity contribution in [2.45, 2.75) is 0 Å². The zero-order valence-electron chi connectivity index (χ0n) is 9.45. The van der Waals surface area contributed by atoms with Crippen molar-refractivity contribution in [1.29, 1.82) is 0 Å². The Labute approximate surface area is 112 Å². The topological polar surface area (TPSA) is 161 Å². The summed E-state index contributed by atoms with van der Waals surface area (Å²) < 4.78 is 0. The van der Waals surface area contributed by atoms with Crippen LogP contribution >= 0.6 is 11.6 Å². The number of halogens is 1. The standard InChI is InChI=1S/C6H5Cl.2C2H3NO3/c7-6-4-2-1-3-5-6;2*3-1(4)2(5)6/h1-5H;2*(H2,3,4)(H,5,6). The molecule has 0 saturated carbocycles. The van der Waals surface area contributed by atoms with Gasteiger partial charge in [-0.3, -0.25) is 9.59 Å². The van der Waals surface area contributed by atoms with Crippen molar-refractivity contribution in [3.05, 3.63) is 35.4 Å². The summed E-state index contributed by atoms with van der Waals surface area (Å²) in [7, 11) is 0. The van der Waals surface area contributed by atoms with Gasteiger partial charge in [0.1, 0.15) is 0 Å². The van der Waals surface area contributed by atoms with Gasteiger partial charge >= 0.3 is 23.8 Å². The minimum absolute atomic E-state index is 0.794. The third kappa shape index (κ3) is 15.4. The molecule has 0 unspecified atom stereocenters. The maximum Gasteiger partial charge on any atom is 0.394 e. The molecule has 0 aliphatic carbocycles. The number of carbonyl (C=O) groups excluding carboxylic acids is 2.